The van der Waals surface area contributed by atoms with Crippen molar-refractivity contribution in [1.82, 2.24) is 14.2 Å². The molecule has 2 fully saturated rings. The largest absolute Gasteiger partial charge is 0.496 e. The molecule has 1 amide bonds. The molecule has 0 bridgehead atoms. The Hall–Kier alpha value is -2.39. The first-order valence-corrected chi connectivity index (χ1v) is 12.4. The minimum atomic E-state index is -3.31. The Labute approximate surface area is 183 Å². The van der Waals surface area contributed by atoms with Crippen molar-refractivity contribution in [3.63, 3.8) is 0 Å². The van der Waals surface area contributed by atoms with Crippen molar-refractivity contribution in [3.8, 4) is 5.75 Å². The number of oxazole rings is 1. The monoisotopic (exact) mass is 447 g/mol. The highest BCUT2D eigenvalue weighted by Crippen LogP contribution is 2.28. The number of hydrogen-bond acceptors (Lipinski definition) is 6. The highest BCUT2D eigenvalue weighted by molar-refractivity contribution is 7.89. The van der Waals surface area contributed by atoms with Gasteiger partial charge in [0.1, 0.15) is 11.5 Å². The summed E-state index contributed by atoms with van der Waals surface area (Å²) in [6, 6.07) is 7.80. The van der Waals surface area contributed by atoms with Crippen LogP contribution in [0.3, 0.4) is 0 Å². The number of carbonyl (C=O) groups is 1. The maximum atomic E-state index is 12.8. The molecule has 2 aliphatic heterocycles. The molecule has 0 radical (unpaired) electrons. The molecule has 31 heavy (non-hydrogen) atoms. The van der Waals surface area contributed by atoms with Crippen LogP contribution in [0.25, 0.3) is 0 Å². The number of methoxy groups -OCH3 is 1. The lowest BCUT2D eigenvalue weighted by Gasteiger charge is -2.33. The van der Waals surface area contributed by atoms with E-state index in [4.69, 9.17) is 9.15 Å². The SMILES string of the molecule is COc1ccccc1Cc1cnc([C@@H]2CCCN(C(=O)CN3CCCCS3(=O)=O)C2)o1. The number of para-hydroxylation sites is 1. The number of rotatable bonds is 6. The van der Waals surface area contributed by atoms with E-state index in [1.807, 2.05) is 24.3 Å². The van der Waals surface area contributed by atoms with E-state index in [1.54, 1.807) is 18.2 Å². The Morgan fingerprint density at radius 2 is 2.06 bits per heavy atom. The Morgan fingerprint density at radius 3 is 2.87 bits per heavy atom. The van der Waals surface area contributed by atoms with Crippen LogP contribution >= 0.6 is 0 Å². The van der Waals surface area contributed by atoms with Crippen molar-refractivity contribution in [2.24, 2.45) is 0 Å². The van der Waals surface area contributed by atoms with Crippen molar-refractivity contribution in [3.05, 3.63) is 47.7 Å². The minimum Gasteiger partial charge on any atom is -0.496 e. The fourth-order valence-corrected chi connectivity index (χ4v) is 5.85. The molecule has 3 heterocycles. The van der Waals surface area contributed by atoms with Gasteiger partial charge in [0.2, 0.25) is 15.9 Å². The molecule has 0 aliphatic carbocycles. The molecular formula is C22H29N3O5S. The molecule has 0 saturated carbocycles. The third kappa shape index (κ3) is 5.10. The lowest BCUT2D eigenvalue weighted by Crippen LogP contribution is -2.48. The van der Waals surface area contributed by atoms with Gasteiger partial charge >= 0.3 is 0 Å². The van der Waals surface area contributed by atoms with Gasteiger partial charge in [-0.3, -0.25) is 4.79 Å². The number of carbonyl (C=O) groups excluding carboxylic acids is 1. The normalized spacial score (nSPS) is 21.7. The summed E-state index contributed by atoms with van der Waals surface area (Å²) in [7, 11) is -1.66. The van der Waals surface area contributed by atoms with Gasteiger partial charge in [0.15, 0.2) is 5.89 Å². The fourth-order valence-electron chi connectivity index (χ4n) is 4.30. The topological polar surface area (TPSA) is 93.0 Å². The fraction of sp³-hybridized carbons (Fsp3) is 0.545. The van der Waals surface area contributed by atoms with Crippen molar-refractivity contribution < 1.29 is 22.4 Å². The Kier molecular flexibility index (Phi) is 6.62. The van der Waals surface area contributed by atoms with Gasteiger partial charge in [-0.05, 0) is 31.7 Å². The molecule has 1 aromatic carbocycles. The number of nitrogens with zero attached hydrogens (tertiary/aromatic N) is 3. The van der Waals surface area contributed by atoms with Crippen LogP contribution < -0.4 is 4.74 Å². The number of sulfonamides is 1. The predicted molar refractivity (Wildman–Crippen MR) is 115 cm³/mol. The van der Waals surface area contributed by atoms with Crippen LogP contribution in [0.15, 0.2) is 34.9 Å². The summed E-state index contributed by atoms with van der Waals surface area (Å²) in [6.07, 6.45) is 5.52. The molecule has 2 saturated heterocycles. The first kappa shape index (κ1) is 21.8. The van der Waals surface area contributed by atoms with E-state index >= 15 is 0 Å². The highest BCUT2D eigenvalue weighted by atomic mass is 32.2. The van der Waals surface area contributed by atoms with Gasteiger partial charge < -0.3 is 14.1 Å². The minimum absolute atomic E-state index is 0.0158. The standard InChI is InChI=1S/C22H29N3O5S/c1-29-20-9-3-2-7-17(20)13-19-14-23-22(30-19)18-8-6-10-24(15-18)21(26)16-25-11-4-5-12-31(25,27)28/h2-3,7,9,14,18H,4-6,8,10-13,15-16H2,1H3/t18-/m1/s1. The van der Waals surface area contributed by atoms with E-state index in [0.717, 1.165) is 36.3 Å². The molecule has 8 nitrogen and oxygen atoms in total. The third-order valence-corrected chi connectivity index (χ3v) is 7.92. The Balaban J connectivity index is 1.39. The van der Waals surface area contributed by atoms with Crippen LogP contribution in [0.1, 0.15) is 48.8 Å². The van der Waals surface area contributed by atoms with Gasteiger partial charge in [-0.2, -0.15) is 4.31 Å². The molecule has 1 aromatic heterocycles. The van der Waals surface area contributed by atoms with Crippen LogP contribution in [0.4, 0.5) is 0 Å². The molecule has 0 unspecified atom stereocenters. The van der Waals surface area contributed by atoms with Crippen LogP contribution in [-0.4, -0.2) is 67.6 Å². The summed E-state index contributed by atoms with van der Waals surface area (Å²) >= 11 is 0. The summed E-state index contributed by atoms with van der Waals surface area (Å²) in [4.78, 5) is 19.0. The van der Waals surface area contributed by atoms with Gasteiger partial charge in [0.05, 0.1) is 31.5 Å². The number of aromatic nitrogens is 1. The summed E-state index contributed by atoms with van der Waals surface area (Å²) in [5, 5.41) is 0. The van der Waals surface area contributed by atoms with Gasteiger partial charge in [0.25, 0.3) is 0 Å². The molecule has 2 aliphatic rings. The van der Waals surface area contributed by atoms with E-state index in [0.29, 0.717) is 38.4 Å². The Bertz CT molecular complexity index is 1020. The summed E-state index contributed by atoms with van der Waals surface area (Å²) < 4.78 is 37.2. The molecular weight excluding hydrogens is 418 g/mol. The Morgan fingerprint density at radius 1 is 1.23 bits per heavy atom. The smallest absolute Gasteiger partial charge is 0.237 e. The van der Waals surface area contributed by atoms with Crippen molar-refractivity contribution >= 4 is 15.9 Å². The van der Waals surface area contributed by atoms with Crippen molar-refractivity contribution in [2.45, 2.75) is 38.0 Å². The van der Waals surface area contributed by atoms with E-state index < -0.39 is 10.0 Å². The summed E-state index contributed by atoms with van der Waals surface area (Å²) in [5.74, 6) is 2.20. The molecule has 0 N–H and O–H groups in total. The summed E-state index contributed by atoms with van der Waals surface area (Å²) in [6.45, 7) is 1.50. The average molecular weight is 448 g/mol. The van der Waals surface area contributed by atoms with Crippen LogP contribution in [0.5, 0.6) is 5.75 Å². The zero-order valence-electron chi connectivity index (χ0n) is 17.8. The van der Waals surface area contributed by atoms with E-state index in [1.165, 1.54) is 4.31 Å². The second-order valence-electron chi connectivity index (χ2n) is 8.19. The first-order chi connectivity index (χ1) is 15.0. The average Bonchev–Trinajstić information content (AvgIpc) is 3.24. The quantitative estimate of drug-likeness (QED) is 0.675. The number of benzene rings is 1. The van der Waals surface area contributed by atoms with Gasteiger partial charge in [0, 0.05) is 31.6 Å². The van der Waals surface area contributed by atoms with Crippen LogP contribution in [-0.2, 0) is 21.2 Å². The lowest BCUT2D eigenvalue weighted by molar-refractivity contribution is -0.132. The number of amides is 1. The molecule has 4 rings (SSSR count). The van der Waals surface area contributed by atoms with Crippen LogP contribution in [0.2, 0.25) is 0 Å². The maximum Gasteiger partial charge on any atom is 0.237 e. The molecule has 0 spiro atoms. The third-order valence-electron chi connectivity index (χ3n) is 6.02. The van der Waals surface area contributed by atoms with Crippen molar-refractivity contribution in [2.75, 3.05) is 39.0 Å². The number of piperidine rings is 1. The molecule has 2 aromatic rings. The number of ether oxygens (including phenoxy) is 1. The second-order valence-corrected chi connectivity index (χ2v) is 10.3. The van der Waals surface area contributed by atoms with Gasteiger partial charge in [-0.15, -0.1) is 0 Å². The maximum absolute atomic E-state index is 12.8. The number of likely N-dealkylation sites (tertiary alicyclic amines) is 1. The van der Waals surface area contributed by atoms with Gasteiger partial charge in [-0.1, -0.05) is 18.2 Å². The molecule has 9 heteroatoms. The van der Waals surface area contributed by atoms with Crippen molar-refractivity contribution in [1.29, 1.82) is 0 Å². The summed E-state index contributed by atoms with van der Waals surface area (Å²) in [5.41, 5.74) is 1.02. The van der Waals surface area contributed by atoms with Crippen LogP contribution in [0, 0.1) is 0 Å². The predicted octanol–water partition coefficient (Wildman–Crippen LogP) is 2.41. The van der Waals surface area contributed by atoms with E-state index in [9.17, 15) is 13.2 Å². The molecule has 168 valence electrons. The lowest BCUT2D eigenvalue weighted by atomic mass is 9.98. The zero-order chi connectivity index (χ0) is 21.8. The second kappa shape index (κ2) is 9.40. The molecule has 1 atom stereocenters. The highest BCUT2D eigenvalue weighted by Gasteiger charge is 2.32. The van der Waals surface area contributed by atoms with Gasteiger partial charge in [-0.25, -0.2) is 13.4 Å². The van der Waals surface area contributed by atoms with E-state index in [2.05, 4.69) is 4.98 Å². The number of hydrogen-bond donors (Lipinski definition) is 0. The van der Waals surface area contributed by atoms with E-state index in [-0.39, 0.29) is 24.1 Å². The zero-order valence-corrected chi connectivity index (χ0v) is 18.6. The first-order valence-electron chi connectivity index (χ1n) is 10.8.